The highest BCUT2D eigenvalue weighted by Gasteiger charge is 2.31. The van der Waals surface area contributed by atoms with Crippen molar-refractivity contribution < 1.29 is 0 Å². The number of aromatic nitrogens is 1. The first-order valence-corrected chi connectivity index (χ1v) is 6.76. The molecule has 1 aromatic heterocycles. The third-order valence-corrected chi connectivity index (χ3v) is 3.98. The number of halogens is 2. The van der Waals surface area contributed by atoms with E-state index in [2.05, 4.69) is 49.1 Å². The molecule has 82 valence electrons. The molecular weight excluding hydrogens is 320 g/mol. The van der Waals surface area contributed by atoms with Crippen molar-refractivity contribution in [3.8, 4) is 0 Å². The molecular formula is C11H14Br2N2. The summed E-state index contributed by atoms with van der Waals surface area (Å²) in [6.45, 7) is 4.27. The molecule has 1 N–H and O–H groups in total. The van der Waals surface area contributed by atoms with Crippen LogP contribution in [-0.2, 0) is 6.54 Å². The highest BCUT2D eigenvalue weighted by Crippen LogP contribution is 2.36. The molecule has 0 saturated heterocycles. The van der Waals surface area contributed by atoms with E-state index in [1.807, 2.05) is 12.3 Å². The molecule has 1 aromatic rings. The zero-order chi connectivity index (χ0) is 10.8. The monoisotopic (exact) mass is 332 g/mol. The van der Waals surface area contributed by atoms with Crippen molar-refractivity contribution in [1.29, 1.82) is 0 Å². The summed E-state index contributed by atoms with van der Waals surface area (Å²) >= 11 is 6.90. The number of hydrogen-bond donors (Lipinski definition) is 1. The van der Waals surface area contributed by atoms with E-state index in [1.165, 1.54) is 6.42 Å². The molecule has 2 nitrogen and oxygen atoms in total. The van der Waals surface area contributed by atoms with Gasteiger partial charge in [-0.15, -0.1) is 0 Å². The first-order chi connectivity index (χ1) is 7.16. The normalized spacial score (nSPS) is 24.2. The standard InChI is InChI=1S/C11H14Br2N2/c1-7-2-8(7)4-14-6-11-10(13)3-9(12)5-15-11/h3,5,7-8,14H,2,4,6H2,1H3. The molecule has 2 unspecified atom stereocenters. The summed E-state index contributed by atoms with van der Waals surface area (Å²) in [7, 11) is 0. The second-order valence-corrected chi connectivity index (χ2v) is 5.96. The zero-order valence-electron chi connectivity index (χ0n) is 8.63. The molecule has 0 aromatic carbocycles. The lowest BCUT2D eigenvalue weighted by Gasteiger charge is -2.05. The Morgan fingerprint density at radius 2 is 2.27 bits per heavy atom. The van der Waals surface area contributed by atoms with Gasteiger partial charge >= 0.3 is 0 Å². The quantitative estimate of drug-likeness (QED) is 0.914. The summed E-state index contributed by atoms with van der Waals surface area (Å²) in [6, 6.07) is 2.03. The second kappa shape index (κ2) is 4.93. The van der Waals surface area contributed by atoms with Crippen LogP contribution in [0.5, 0.6) is 0 Å². The van der Waals surface area contributed by atoms with Crippen LogP contribution in [0.4, 0.5) is 0 Å². The average Bonchev–Trinajstić information content (AvgIpc) is 2.86. The SMILES string of the molecule is CC1CC1CNCc1ncc(Br)cc1Br. The third-order valence-electron chi connectivity index (χ3n) is 2.86. The molecule has 1 aliphatic rings. The molecule has 1 fully saturated rings. The van der Waals surface area contributed by atoms with Crippen molar-refractivity contribution in [3.05, 3.63) is 26.9 Å². The van der Waals surface area contributed by atoms with Crippen molar-refractivity contribution in [2.75, 3.05) is 6.54 Å². The molecule has 0 amide bonds. The summed E-state index contributed by atoms with van der Waals surface area (Å²) in [5.74, 6) is 1.80. The minimum atomic E-state index is 0.844. The van der Waals surface area contributed by atoms with Crippen molar-refractivity contribution >= 4 is 31.9 Å². The summed E-state index contributed by atoms with van der Waals surface area (Å²) in [5, 5.41) is 3.45. The Bertz CT molecular complexity index is 354. The predicted octanol–water partition coefficient (Wildman–Crippen LogP) is 3.35. The van der Waals surface area contributed by atoms with Crippen LogP contribution >= 0.6 is 31.9 Å². The van der Waals surface area contributed by atoms with Gasteiger partial charge in [-0.1, -0.05) is 6.92 Å². The minimum Gasteiger partial charge on any atom is -0.311 e. The first kappa shape index (κ1) is 11.6. The molecule has 0 bridgehead atoms. The third kappa shape index (κ3) is 3.26. The van der Waals surface area contributed by atoms with Crippen LogP contribution in [0.15, 0.2) is 21.2 Å². The molecule has 0 radical (unpaired) electrons. The molecule has 1 aliphatic carbocycles. The highest BCUT2D eigenvalue weighted by atomic mass is 79.9. The van der Waals surface area contributed by atoms with Crippen LogP contribution in [0.3, 0.4) is 0 Å². The average molecular weight is 334 g/mol. The topological polar surface area (TPSA) is 24.9 Å². The Hall–Kier alpha value is 0.0700. The summed E-state index contributed by atoms with van der Waals surface area (Å²) < 4.78 is 2.07. The van der Waals surface area contributed by atoms with Crippen LogP contribution in [0.2, 0.25) is 0 Å². The molecule has 0 spiro atoms. The first-order valence-electron chi connectivity index (χ1n) is 5.17. The molecule has 1 heterocycles. The summed E-state index contributed by atoms with van der Waals surface area (Å²) in [4.78, 5) is 4.36. The van der Waals surface area contributed by atoms with Gasteiger partial charge in [0.15, 0.2) is 0 Å². The van der Waals surface area contributed by atoms with Gasteiger partial charge in [0, 0.05) is 21.7 Å². The van der Waals surface area contributed by atoms with Gasteiger partial charge in [-0.25, -0.2) is 0 Å². The Kier molecular flexibility index (Phi) is 3.80. The van der Waals surface area contributed by atoms with E-state index in [0.29, 0.717) is 0 Å². The van der Waals surface area contributed by atoms with Crippen LogP contribution < -0.4 is 5.32 Å². The van der Waals surface area contributed by atoms with E-state index >= 15 is 0 Å². The maximum absolute atomic E-state index is 4.36. The lowest BCUT2D eigenvalue weighted by Crippen LogP contribution is -2.17. The smallest absolute Gasteiger partial charge is 0.0684 e. The maximum Gasteiger partial charge on any atom is 0.0684 e. The van der Waals surface area contributed by atoms with Crippen molar-refractivity contribution in [2.24, 2.45) is 11.8 Å². The van der Waals surface area contributed by atoms with Crippen molar-refractivity contribution in [1.82, 2.24) is 10.3 Å². The highest BCUT2D eigenvalue weighted by molar-refractivity contribution is 9.11. The van der Waals surface area contributed by atoms with Gasteiger partial charge in [0.25, 0.3) is 0 Å². The largest absolute Gasteiger partial charge is 0.311 e. The van der Waals surface area contributed by atoms with E-state index in [1.54, 1.807) is 0 Å². The number of hydrogen-bond acceptors (Lipinski definition) is 2. The minimum absolute atomic E-state index is 0.844. The van der Waals surface area contributed by atoms with E-state index in [9.17, 15) is 0 Å². The fourth-order valence-electron chi connectivity index (χ4n) is 1.63. The predicted molar refractivity (Wildman–Crippen MR) is 68.6 cm³/mol. The van der Waals surface area contributed by atoms with E-state index in [4.69, 9.17) is 0 Å². The van der Waals surface area contributed by atoms with E-state index in [0.717, 1.165) is 39.6 Å². The second-order valence-electron chi connectivity index (χ2n) is 4.19. The van der Waals surface area contributed by atoms with Gasteiger partial charge in [0.05, 0.1) is 5.69 Å². The lowest BCUT2D eigenvalue weighted by molar-refractivity contribution is 0.604. The maximum atomic E-state index is 4.36. The van der Waals surface area contributed by atoms with E-state index < -0.39 is 0 Å². The molecule has 4 heteroatoms. The van der Waals surface area contributed by atoms with Gasteiger partial charge in [-0.2, -0.15) is 0 Å². The summed E-state index contributed by atoms with van der Waals surface area (Å²) in [5.41, 5.74) is 1.08. The molecule has 2 atom stereocenters. The van der Waals surface area contributed by atoms with Crippen LogP contribution in [-0.4, -0.2) is 11.5 Å². The van der Waals surface area contributed by atoms with Gasteiger partial charge in [0.2, 0.25) is 0 Å². The van der Waals surface area contributed by atoms with Gasteiger partial charge < -0.3 is 5.32 Å². The van der Waals surface area contributed by atoms with Crippen molar-refractivity contribution in [2.45, 2.75) is 19.9 Å². The summed E-state index contributed by atoms with van der Waals surface area (Å²) in [6.07, 6.45) is 3.21. The van der Waals surface area contributed by atoms with Crippen molar-refractivity contribution in [3.63, 3.8) is 0 Å². The molecule has 15 heavy (non-hydrogen) atoms. The van der Waals surface area contributed by atoms with Crippen LogP contribution in [0, 0.1) is 11.8 Å². The zero-order valence-corrected chi connectivity index (χ0v) is 11.8. The number of pyridine rings is 1. The fourth-order valence-corrected chi connectivity index (χ4v) is 2.76. The molecule has 2 rings (SSSR count). The Labute approximate surface area is 107 Å². The Morgan fingerprint density at radius 1 is 1.53 bits per heavy atom. The molecule has 0 aliphatic heterocycles. The van der Waals surface area contributed by atoms with Crippen LogP contribution in [0.25, 0.3) is 0 Å². The van der Waals surface area contributed by atoms with Crippen LogP contribution in [0.1, 0.15) is 19.0 Å². The van der Waals surface area contributed by atoms with Gasteiger partial charge in [-0.05, 0) is 62.7 Å². The fraction of sp³-hybridized carbons (Fsp3) is 0.545. The lowest BCUT2D eigenvalue weighted by atomic mass is 10.3. The van der Waals surface area contributed by atoms with E-state index in [-0.39, 0.29) is 0 Å². The van der Waals surface area contributed by atoms with Gasteiger partial charge in [-0.3, -0.25) is 4.98 Å². The molecule has 1 saturated carbocycles. The number of rotatable bonds is 4. The van der Waals surface area contributed by atoms with Gasteiger partial charge in [0.1, 0.15) is 0 Å². The Morgan fingerprint density at radius 3 is 2.87 bits per heavy atom. The number of nitrogens with zero attached hydrogens (tertiary/aromatic N) is 1. The Balaban J connectivity index is 1.82. The number of nitrogens with one attached hydrogen (secondary N) is 1.